The van der Waals surface area contributed by atoms with E-state index in [2.05, 4.69) is 16.0 Å². The van der Waals surface area contributed by atoms with Gasteiger partial charge in [-0.3, -0.25) is 14.0 Å². The summed E-state index contributed by atoms with van der Waals surface area (Å²) in [6.45, 7) is 3.70. The topological polar surface area (TPSA) is 123 Å². The zero-order chi connectivity index (χ0) is 25.8. The van der Waals surface area contributed by atoms with E-state index in [1.54, 1.807) is 35.7 Å². The van der Waals surface area contributed by atoms with E-state index in [1.807, 2.05) is 32.0 Å². The van der Waals surface area contributed by atoms with Crippen molar-refractivity contribution in [2.75, 3.05) is 30.8 Å². The Balaban J connectivity index is 1.88. The number of fused-ring (bicyclic) bond motifs is 1. The first-order valence-electron chi connectivity index (χ1n) is 11.3. The molecule has 2 amide bonds. The van der Waals surface area contributed by atoms with Crippen LogP contribution < -0.4 is 26.4 Å². The number of amides is 2. The van der Waals surface area contributed by atoms with Crippen molar-refractivity contribution in [3.8, 4) is 17.0 Å². The Morgan fingerprint density at radius 2 is 1.86 bits per heavy atom. The Morgan fingerprint density at radius 1 is 1.11 bits per heavy atom. The molecule has 0 spiro atoms. The maximum atomic E-state index is 14.3. The molecule has 2 aromatic heterocycles. The quantitative estimate of drug-likeness (QED) is 0.285. The fraction of sp³-hybridized carbons (Fsp3) is 0.192. The number of hydrogen-bond donors (Lipinski definition) is 4. The number of likely N-dealkylation sites (N-methyl/N-ethyl adjacent to an activating group) is 1. The number of para-hydroxylation sites is 1. The fourth-order valence-electron chi connectivity index (χ4n) is 3.89. The van der Waals surface area contributed by atoms with Gasteiger partial charge in [0.05, 0.1) is 6.54 Å². The SMILES string of the molecule is CNCC(=O)Nc1ccc(-c2nc3ccc(F)cn3c2Nc2c(C)cccc2C)c(OCC(N)=O)c1. The molecule has 2 aromatic carbocycles. The lowest BCUT2D eigenvalue weighted by Gasteiger charge is -2.16. The minimum Gasteiger partial charge on any atom is -0.483 e. The van der Waals surface area contributed by atoms with E-state index in [0.717, 1.165) is 16.8 Å². The van der Waals surface area contributed by atoms with E-state index in [9.17, 15) is 14.0 Å². The van der Waals surface area contributed by atoms with Gasteiger partial charge in [0, 0.05) is 29.2 Å². The molecule has 0 aliphatic heterocycles. The lowest BCUT2D eigenvalue weighted by Crippen LogP contribution is -2.25. The number of ether oxygens (including phenoxy) is 1. The number of halogens is 1. The van der Waals surface area contributed by atoms with Crippen LogP contribution in [0, 0.1) is 19.7 Å². The molecule has 5 N–H and O–H groups in total. The summed E-state index contributed by atoms with van der Waals surface area (Å²) in [4.78, 5) is 28.3. The fourth-order valence-corrected chi connectivity index (χ4v) is 3.89. The normalized spacial score (nSPS) is 10.9. The summed E-state index contributed by atoms with van der Waals surface area (Å²) in [6.07, 6.45) is 1.35. The maximum absolute atomic E-state index is 14.3. The number of aryl methyl sites for hydroxylation is 2. The van der Waals surface area contributed by atoms with Gasteiger partial charge in [-0.1, -0.05) is 18.2 Å². The predicted molar refractivity (Wildman–Crippen MR) is 137 cm³/mol. The first-order chi connectivity index (χ1) is 17.3. The molecule has 0 aliphatic rings. The number of nitrogens with one attached hydrogen (secondary N) is 3. The molecule has 9 nitrogen and oxygen atoms in total. The summed E-state index contributed by atoms with van der Waals surface area (Å²) in [7, 11) is 1.67. The number of primary amides is 1. The molecule has 0 bridgehead atoms. The Bertz CT molecular complexity index is 1430. The number of anilines is 3. The van der Waals surface area contributed by atoms with Crippen molar-refractivity contribution in [2.24, 2.45) is 5.73 Å². The molecule has 186 valence electrons. The summed E-state index contributed by atoms with van der Waals surface area (Å²) < 4.78 is 21.6. The summed E-state index contributed by atoms with van der Waals surface area (Å²) >= 11 is 0. The van der Waals surface area contributed by atoms with E-state index in [1.165, 1.54) is 12.3 Å². The van der Waals surface area contributed by atoms with Gasteiger partial charge in [-0.2, -0.15) is 0 Å². The van der Waals surface area contributed by atoms with Crippen molar-refractivity contribution < 1.29 is 18.7 Å². The zero-order valence-electron chi connectivity index (χ0n) is 20.2. The Morgan fingerprint density at radius 3 is 2.56 bits per heavy atom. The number of benzene rings is 2. The van der Waals surface area contributed by atoms with Gasteiger partial charge in [0.1, 0.15) is 28.7 Å². The van der Waals surface area contributed by atoms with Gasteiger partial charge in [-0.15, -0.1) is 0 Å². The van der Waals surface area contributed by atoms with Crippen LogP contribution in [-0.2, 0) is 9.59 Å². The lowest BCUT2D eigenvalue weighted by atomic mass is 10.1. The second-order valence-electron chi connectivity index (χ2n) is 8.32. The van der Waals surface area contributed by atoms with E-state index in [0.29, 0.717) is 28.4 Å². The number of nitrogens with two attached hydrogens (primary N) is 1. The second-order valence-corrected chi connectivity index (χ2v) is 8.32. The summed E-state index contributed by atoms with van der Waals surface area (Å²) in [5.41, 5.74) is 10.2. The molecule has 4 aromatic rings. The van der Waals surface area contributed by atoms with Crippen LogP contribution in [0.15, 0.2) is 54.7 Å². The van der Waals surface area contributed by atoms with Gasteiger partial charge in [0.2, 0.25) is 5.91 Å². The molecular weight excluding hydrogens is 463 g/mol. The number of pyridine rings is 1. The molecule has 2 heterocycles. The molecule has 4 rings (SSSR count). The first kappa shape index (κ1) is 24.7. The lowest BCUT2D eigenvalue weighted by molar-refractivity contribution is -0.120. The molecule has 0 fully saturated rings. The first-order valence-corrected chi connectivity index (χ1v) is 11.3. The van der Waals surface area contributed by atoms with Gasteiger partial charge < -0.3 is 26.4 Å². The highest BCUT2D eigenvalue weighted by molar-refractivity contribution is 5.93. The Labute approximate surface area is 207 Å². The molecule has 0 saturated carbocycles. The highest BCUT2D eigenvalue weighted by Crippen LogP contribution is 2.39. The van der Waals surface area contributed by atoms with Crippen LogP contribution >= 0.6 is 0 Å². The molecule has 0 atom stereocenters. The summed E-state index contributed by atoms with van der Waals surface area (Å²) in [5.74, 6) is -0.533. The van der Waals surface area contributed by atoms with Crippen LogP contribution in [0.1, 0.15) is 11.1 Å². The van der Waals surface area contributed by atoms with Crippen molar-refractivity contribution in [3.05, 3.63) is 71.7 Å². The van der Waals surface area contributed by atoms with Gasteiger partial charge in [-0.05, 0) is 56.3 Å². The van der Waals surface area contributed by atoms with Crippen LogP contribution in [0.4, 0.5) is 21.6 Å². The average molecular weight is 491 g/mol. The highest BCUT2D eigenvalue weighted by Gasteiger charge is 2.21. The maximum Gasteiger partial charge on any atom is 0.255 e. The van der Waals surface area contributed by atoms with Crippen molar-refractivity contribution in [1.29, 1.82) is 0 Å². The van der Waals surface area contributed by atoms with E-state index >= 15 is 0 Å². The number of carbonyl (C=O) groups excluding carboxylic acids is 2. The van der Waals surface area contributed by atoms with Gasteiger partial charge in [0.25, 0.3) is 5.91 Å². The number of rotatable bonds is 9. The summed E-state index contributed by atoms with van der Waals surface area (Å²) in [6, 6.07) is 13.8. The molecule has 0 aliphatic carbocycles. The second kappa shape index (κ2) is 10.4. The van der Waals surface area contributed by atoms with E-state index < -0.39 is 11.7 Å². The summed E-state index contributed by atoms with van der Waals surface area (Å²) in [5, 5.41) is 8.97. The van der Waals surface area contributed by atoms with Crippen LogP contribution in [0.25, 0.3) is 16.9 Å². The van der Waals surface area contributed by atoms with E-state index in [4.69, 9.17) is 15.5 Å². The molecule has 36 heavy (non-hydrogen) atoms. The van der Waals surface area contributed by atoms with E-state index in [-0.39, 0.29) is 24.8 Å². The predicted octanol–water partition coefficient (Wildman–Crippen LogP) is 3.52. The Hall–Kier alpha value is -4.44. The standard InChI is InChI=1S/C26H27FN6O3/c1-15-5-4-6-16(2)24(15)32-26-25(31-22-10-7-17(27)13-33(22)26)19-9-8-18(30-23(35)12-29-3)11-20(19)36-14-21(28)34/h4-11,13,29,32H,12,14H2,1-3H3,(H2,28,34)(H,30,35). The number of aromatic nitrogens is 2. The third kappa shape index (κ3) is 5.28. The van der Waals surface area contributed by atoms with Crippen LogP contribution in [0.2, 0.25) is 0 Å². The van der Waals surface area contributed by atoms with Crippen molar-refractivity contribution in [3.63, 3.8) is 0 Å². The number of imidazole rings is 1. The molecule has 10 heteroatoms. The van der Waals surface area contributed by atoms with Gasteiger partial charge in [-0.25, -0.2) is 9.37 Å². The smallest absolute Gasteiger partial charge is 0.255 e. The highest BCUT2D eigenvalue weighted by atomic mass is 19.1. The average Bonchev–Trinajstić information content (AvgIpc) is 3.17. The third-order valence-corrected chi connectivity index (χ3v) is 5.53. The van der Waals surface area contributed by atoms with Gasteiger partial charge in [0.15, 0.2) is 6.61 Å². The van der Waals surface area contributed by atoms with Crippen molar-refractivity contribution in [1.82, 2.24) is 14.7 Å². The number of carbonyl (C=O) groups is 2. The Kier molecular flexibility index (Phi) is 7.16. The number of hydrogen-bond acceptors (Lipinski definition) is 6. The number of nitrogens with zero attached hydrogens (tertiary/aromatic N) is 2. The monoisotopic (exact) mass is 490 g/mol. The molecule has 0 radical (unpaired) electrons. The van der Waals surface area contributed by atoms with Crippen molar-refractivity contribution >= 4 is 34.7 Å². The zero-order valence-corrected chi connectivity index (χ0v) is 20.2. The third-order valence-electron chi connectivity index (χ3n) is 5.53. The van der Waals surface area contributed by atoms with Crippen LogP contribution in [0.5, 0.6) is 5.75 Å². The molecule has 0 saturated heterocycles. The minimum atomic E-state index is -0.656. The minimum absolute atomic E-state index is 0.126. The van der Waals surface area contributed by atoms with Crippen LogP contribution in [-0.4, -0.2) is 41.4 Å². The molecule has 0 unspecified atom stereocenters. The largest absolute Gasteiger partial charge is 0.483 e. The van der Waals surface area contributed by atoms with Gasteiger partial charge >= 0.3 is 0 Å². The molecular formula is C26H27FN6O3. The van der Waals surface area contributed by atoms with Crippen LogP contribution in [0.3, 0.4) is 0 Å². The van der Waals surface area contributed by atoms with Crippen molar-refractivity contribution in [2.45, 2.75) is 13.8 Å².